The number of aryl methyl sites for hydroxylation is 1. The number of anilines is 1. The van der Waals surface area contributed by atoms with Crippen LogP contribution in [0.4, 0.5) is 14.5 Å². The van der Waals surface area contributed by atoms with Crippen molar-refractivity contribution < 1.29 is 8.78 Å². The molecule has 3 rings (SSSR count). The molecule has 0 spiro atoms. The van der Waals surface area contributed by atoms with Gasteiger partial charge in [0.25, 0.3) is 0 Å². The Morgan fingerprint density at radius 1 is 1.16 bits per heavy atom. The van der Waals surface area contributed by atoms with Gasteiger partial charge in [-0.2, -0.15) is 0 Å². The van der Waals surface area contributed by atoms with Crippen LogP contribution in [0.15, 0.2) is 36.5 Å². The van der Waals surface area contributed by atoms with Gasteiger partial charge in [0.15, 0.2) is 11.6 Å². The first kappa shape index (κ1) is 12.1. The lowest BCUT2D eigenvalue weighted by Crippen LogP contribution is -2.19. The van der Waals surface area contributed by atoms with Crippen LogP contribution in [0, 0.1) is 11.6 Å². The van der Waals surface area contributed by atoms with Gasteiger partial charge in [0.2, 0.25) is 0 Å². The standard InChI is InChI=1S/C15H14F2N2/c16-11-6-2-7-12(14(11)17)19-13-8-1-4-10-5-3-9-18-15(10)13/h2-3,5-7,9,13,19H,1,4,8H2. The van der Waals surface area contributed by atoms with Gasteiger partial charge >= 0.3 is 0 Å². The van der Waals surface area contributed by atoms with E-state index in [4.69, 9.17) is 0 Å². The van der Waals surface area contributed by atoms with E-state index in [0.717, 1.165) is 31.0 Å². The first-order valence-electron chi connectivity index (χ1n) is 6.40. The lowest BCUT2D eigenvalue weighted by molar-refractivity contribution is 0.506. The molecule has 0 bridgehead atoms. The quantitative estimate of drug-likeness (QED) is 0.887. The van der Waals surface area contributed by atoms with Crippen molar-refractivity contribution in [2.75, 3.05) is 5.32 Å². The van der Waals surface area contributed by atoms with Crippen molar-refractivity contribution in [2.45, 2.75) is 25.3 Å². The minimum absolute atomic E-state index is 0.0544. The lowest BCUT2D eigenvalue weighted by Gasteiger charge is -2.26. The van der Waals surface area contributed by atoms with Crippen molar-refractivity contribution in [3.05, 3.63) is 59.4 Å². The molecule has 4 heteroatoms. The van der Waals surface area contributed by atoms with E-state index < -0.39 is 11.6 Å². The average molecular weight is 260 g/mol. The highest BCUT2D eigenvalue weighted by molar-refractivity contribution is 5.47. The number of hydrogen-bond donors (Lipinski definition) is 1. The fourth-order valence-electron chi connectivity index (χ4n) is 2.55. The normalized spacial score (nSPS) is 17.9. The van der Waals surface area contributed by atoms with Crippen LogP contribution < -0.4 is 5.32 Å². The van der Waals surface area contributed by atoms with E-state index in [0.29, 0.717) is 0 Å². The fourth-order valence-corrected chi connectivity index (χ4v) is 2.55. The molecule has 1 unspecified atom stereocenters. The van der Waals surface area contributed by atoms with Crippen LogP contribution in [0.3, 0.4) is 0 Å². The van der Waals surface area contributed by atoms with E-state index in [-0.39, 0.29) is 11.7 Å². The van der Waals surface area contributed by atoms with E-state index in [1.807, 2.05) is 12.1 Å². The van der Waals surface area contributed by atoms with Gasteiger partial charge in [-0.15, -0.1) is 0 Å². The molecule has 1 aromatic heterocycles. The zero-order chi connectivity index (χ0) is 13.2. The Kier molecular flexibility index (Phi) is 3.15. The number of pyridine rings is 1. The Morgan fingerprint density at radius 3 is 2.95 bits per heavy atom. The average Bonchev–Trinajstić information content (AvgIpc) is 2.44. The van der Waals surface area contributed by atoms with E-state index >= 15 is 0 Å². The van der Waals surface area contributed by atoms with Gasteiger partial charge in [0, 0.05) is 6.20 Å². The molecule has 0 fully saturated rings. The van der Waals surface area contributed by atoms with Gasteiger partial charge in [-0.25, -0.2) is 8.78 Å². The number of nitrogens with zero attached hydrogens (tertiary/aromatic N) is 1. The molecule has 0 aliphatic heterocycles. The monoisotopic (exact) mass is 260 g/mol. The molecule has 1 aromatic carbocycles. The summed E-state index contributed by atoms with van der Waals surface area (Å²) in [4.78, 5) is 4.37. The van der Waals surface area contributed by atoms with Crippen LogP contribution in [0.2, 0.25) is 0 Å². The second-order valence-electron chi connectivity index (χ2n) is 4.74. The molecule has 1 heterocycles. The Bertz CT molecular complexity index is 598. The van der Waals surface area contributed by atoms with Crippen molar-refractivity contribution >= 4 is 5.69 Å². The van der Waals surface area contributed by atoms with E-state index in [2.05, 4.69) is 10.3 Å². The molecule has 0 saturated heterocycles. The van der Waals surface area contributed by atoms with Crippen molar-refractivity contribution in [3.8, 4) is 0 Å². The number of hydrogen-bond acceptors (Lipinski definition) is 2. The smallest absolute Gasteiger partial charge is 0.181 e. The lowest BCUT2D eigenvalue weighted by atomic mass is 9.92. The van der Waals surface area contributed by atoms with Crippen LogP contribution in [0.1, 0.15) is 30.1 Å². The van der Waals surface area contributed by atoms with E-state index in [1.54, 1.807) is 12.3 Å². The minimum atomic E-state index is -0.831. The molecular weight excluding hydrogens is 246 g/mol. The zero-order valence-corrected chi connectivity index (χ0v) is 10.4. The molecule has 1 atom stereocenters. The Labute approximate surface area is 110 Å². The Morgan fingerprint density at radius 2 is 2.05 bits per heavy atom. The Hall–Kier alpha value is -1.97. The highest BCUT2D eigenvalue weighted by Crippen LogP contribution is 2.31. The van der Waals surface area contributed by atoms with Crippen LogP contribution in [-0.4, -0.2) is 4.98 Å². The van der Waals surface area contributed by atoms with Gasteiger partial charge in [0.05, 0.1) is 17.4 Å². The third-order valence-electron chi connectivity index (χ3n) is 3.48. The molecular formula is C15H14F2N2. The summed E-state index contributed by atoms with van der Waals surface area (Å²) in [6, 6.07) is 8.06. The second-order valence-corrected chi connectivity index (χ2v) is 4.74. The summed E-state index contributed by atoms with van der Waals surface area (Å²) in [5.41, 5.74) is 2.32. The van der Waals surface area contributed by atoms with Crippen molar-refractivity contribution in [2.24, 2.45) is 0 Å². The maximum absolute atomic E-state index is 13.7. The molecule has 0 amide bonds. The predicted molar refractivity (Wildman–Crippen MR) is 69.9 cm³/mol. The molecule has 1 aliphatic carbocycles. The molecule has 0 saturated carbocycles. The molecule has 2 aromatic rings. The third-order valence-corrected chi connectivity index (χ3v) is 3.48. The second kappa shape index (κ2) is 4.96. The summed E-state index contributed by atoms with van der Waals surface area (Å²) in [7, 11) is 0. The van der Waals surface area contributed by atoms with E-state index in [9.17, 15) is 8.78 Å². The zero-order valence-electron chi connectivity index (χ0n) is 10.4. The maximum Gasteiger partial charge on any atom is 0.181 e. The molecule has 98 valence electrons. The highest BCUT2D eigenvalue weighted by atomic mass is 19.2. The highest BCUT2D eigenvalue weighted by Gasteiger charge is 2.22. The molecule has 1 N–H and O–H groups in total. The van der Waals surface area contributed by atoms with Gasteiger partial charge < -0.3 is 5.32 Å². The van der Waals surface area contributed by atoms with Crippen LogP contribution in [-0.2, 0) is 6.42 Å². The third kappa shape index (κ3) is 2.30. The molecule has 0 radical (unpaired) electrons. The largest absolute Gasteiger partial charge is 0.374 e. The van der Waals surface area contributed by atoms with Crippen molar-refractivity contribution in [1.29, 1.82) is 0 Å². The number of rotatable bonds is 2. The summed E-state index contributed by atoms with van der Waals surface area (Å²) in [5, 5.41) is 3.07. The Balaban J connectivity index is 1.91. The van der Waals surface area contributed by atoms with Gasteiger partial charge in [-0.05, 0) is 43.0 Å². The number of benzene rings is 1. The SMILES string of the molecule is Fc1cccc(NC2CCCc3cccnc32)c1F. The van der Waals surface area contributed by atoms with Gasteiger partial charge in [-0.1, -0.05) is 12.1 Å². The van der Waals surface area contributed by atoms with E-state index in [1.165, 1.54) is 11.6 Å². The predicted octanol–water partition coefficient (Wildman–Crippen LogP) is 3.85. The number of fused-ring (bicyclic) bond motifs is 1. The topological polar surface area (TPSA) is 24.9 Å². The molecule has 19 heavy (non-hydrogen) atoms. The number of nitrogens with one attached hydrogen (secondary N) is 1. The summed E-state index contributed by atoms with van der Waals surface area (Å²) >= 11 is 0. The fraction of sp³-hybridized carbons (Fsp3) is 0.267. The summed E-state index contributed by atoms with van der Waals surface area (Å²) in [6.45, 7) is 0. The summed E-state index contributed by atoms with van der Waals surface area (Å²) in [5.74, 6) is -1.66. The van der Waals surface area contributed by atoms with Gasteiger partial charge in [-0.3, -0.25) is 4.98 Å². The summed E-state index contributed by atoms with van der Waals surface area (Å²) < 4.78 is 26.9. The van der Waals surface area contributed by atoms with Crippen LogP contribution >= 0.6 is 0 Å². The number of aromatic nitrogens is 1. The van der Waals surface area contributed by atoms with Crippen LogP contribution in [0.25, 0.3) is 0 Å². The first-order valence-corrected chi connectivity index (χ1v) is 6.40. The minimum Gasteiger partial charge on any atom is -0.374 e. The van der Waals surface area contributed by atoms with Crippen LogP contribution in [0.5, 0.6) is 0 Å². The molecule has 2 nitrogen and oxygen atoms in total. The van der Waals surface area contributed by atoms with Gasteiger partial charge in [0.1, 0.15) is 0 Å². The van der Waals surface area contributed by atoms with Crippen molar-refractivity contribution in [1.82, 2.24) is 4.98 Å². The molecule has 1 aliphatic rings. The number of halogens is 2. The maximum atomic E-state index is 13.7. The van der Waals surface area contributed by atoms with Crippen molar-refractivity contribution in [3.63, 3.8) is 0 Å². The summed E-state index contributed by atoms with van der Waals surface area (Å²) in [6.07, 6.45) is 4.63. The first-order chi connectivity index (χ1) is 9.25.